The van der Waals surface area contributed by atoms with Crippen molar-refractivity contribution in [3.05, 3.63) is 35.9 Å². The molecular formula is C27H41N3O7. The minimum absolute atomic E-state index is 0.148. The summed E-state index contributed by atoms with van der Waals surface area (Å²) >= 11 is 0. The maximum atomic E-state index is 13.5. The van der Waals surface area contributed by atoms with E-state index in [-0.39, 0.29) is 25.5 Å². The monoisotopic (exact) mass is 519 g/mol. The third-order valence-electron chi connectivity index (χ3n) is 5.36. The first-order valence-electron chi connectivity index (χ1n) is 12.7. The molecule has 1 aromatic carbocycles. The fourth-order valence-corrected chi connectivity index (χ4v) is 3.82. The predicted octanol–water partition coefficient (Wildman–Crippen LogP) is 3.92. The molecule has 1 aliphatic rings. The summed E-state index contributed by atoms with van der Waals surface area (Å²) in [5.74, 6) is -0.844. The number of carbonyl (C=O) groups is 4. The van der Waals surface area contributed by atoms with Crippen LogP contribution in [0.1, 0.15) is 72.8 Å². The molecule has 10 nitrogen and oxygen atoms in total. The van der Waals surface area contributed by atoms with Gasteiger partial charge >= 0.3 is 18.2 Å². The van der Waals surface area contributed by atoms with Gasteiger partial charge in [0.1, 0.15) is 29.9 Å². The molecule has 0 unspecified atom stereocenters. The highest BCUT2D eigenvalue weighted by Gasteiger charge is 2.40. The minimum Gasteiger partial charge on any atom is -0.458 e. The van der Waals surface area contributed by atoms with Crippen molar-refractivity contribution in [2.75, 3.05) is 13.1 Å². The van der Waals surface area contributed by atoms with Crippen LogP contribution in [0, 0.1) is 0 Å². The molecule has 10 heteroatoms. The second-order valence-electron chi connectivity index (χ2n) is 11.1. The topological polar surface area (TPSA) is 123 Å². The van der Waals surface area contributed by atoms with E-state index in [1.807, 2.05) is 30.3 Å². The van der Waals surface area contributed by atoms with Crippen LogP contribution >= 0.6 is 0 Å². The first-order valence-corrected chi connectivity index (χ1v) is 12.7. The van der Waals surface area contributed by atoms with Gasteiger partial charge in [-0.3, -0.25) is 4.79 Å². The summed E-state index contributed by atoms with van der Waals surface area (Å²) < 4.78 is 16.0. The highest BCUT2D eigenvalue weighted by atomic mass is 16.6. The summed E-state index contributed by atoms with van der Waals surface area (Å²) in [5.41, 5.74) is -0.548. The van der Waals surface area contributed by atoms with Gasteiger partial charge in [0.2, 0.25) is 5.91 Å². The van der Waals surface area contributed by atoms with E-state index < -0.39 is 41.4 Å². The zero-order chi connectivity index (χ0) is 27.6. The van der Waals surface area contributed by atoms with Crippen LogP contribution in [0.25, 0.3) is 0 Å². The lowest BCUT2D eigenvalue weighted by Crippen LogP contribution is -2.53. The summed E-state index contributed by atoms with van der Waals surface area (Å²) in [5, 5.41) is 5.30. The van der Waals surface area contributed by atoms with Crippen molar-refractivity contribution < 1.29 is 33.4 Å². The van der Waals surface area contributed by atoms with E-state index in [0.29, 0.717) is 25.8 Å². The molecule has 2 rings (SSSR count). The standard InChI is InChI=1S/C27H41N3O7/c1-26(2,3)36-23(32)21-15-11-17-30(21)22(31)20(29-25(34)37-27(4,5)6)14-10-16-28-24(33)35-18-19-12-8-7-9-13-19/h7-9,12-13,20-21H,10-11,14-18H2,1-6H3,(H,28,33)(H,29,34)/t20-,21-/m0/s1. The molecule has 3 amide bonds. The van der Waals surface area contributed by atoms with Crippen LogP contribution in [0.5, 0.6) is 0 Å². The summed E-state index contributed by atoms with van der Waals surface area (Å²) in [4.78, 5) is 52.1. The average Bonchev–Trinajstić information content (AvgIpc) is 3.28. The number of nitrogens with one attached hydrogen (secondary N) is 2. The Morgan fingerprint density at radius 3 is 2.24 bits per heavy atom. The zero-order valence-electron chi connectivity index (χ0n) is 22.8. The Labute approximate surface area is 219 Å². The molecule has 0 aliphatic carbocycles. The highest BCUT2D eigenvalue weighted by molar-refractivity contribution is 5.90. The van der Waals surface area contributed by atoms with Crippen LogP contribution in [-0.4, -0.2) is 65.3 Å². The van der Waals surface area contributed by atoms with Gasteiger partial charge in [-0.15, -0.1) is 0 Å². The number of rotatable bonds is 9. The lowest BCUT2D eigenvalue weighted by atomic mass is 10.1. The number of likely N-dealkylation sites (tertiary alicyclic amines) is 1. The van der Waals surface area contributed by atoms with Crippen LogP contribution in [0.15, 0.2) is 30.3 Å². The van der Waals surface area contributed by atoms with Gasteiger partial charge in [-0.1, -0.05) is 30.3 Å². The van der Waals surface area contributed by atoms with Crippen molar-refractivity contribution in [3.8, 4) is 0 Å². The van der Waals surface area contributed by atoms with Gasteiger partial charge in [-0.25, -0.2) is 14.4 Å². The fourth-order valence-electron chi connectivity index (χ4n) is 3.82. The Balaban J connectivity index is 1.96. The van der Waals surface area contributed by atoms with Gasteiger partial charge in [-0.05, 0) is 72.8 Å². The molecule has 1 fully saturated rings. The van der Waals surface area contributed by atoms with Gasteiger partial charge in [0.25, 0.3) is 0 Å². The number of hydrogen-bond acceptors (Lipinski definition) is 7. The second kappa shape index (κ2) is 13.3. The molecular weight excluding hydrogens is 478 g/mol. The van der Waals surface area contributed by atoms with Crippen LogP contribution < -0.4 is 10.6 Å². The Hall–Kier alpha value is -3.30. The molecule has 37 heavy (non-hydrogen) atoms. The Morgan fingerprint density at radius 2 is 1.62 bits per heavy atom. The van der Waals surface area contributed by atoms with E-state index in [1.54, 1.807) is 41.5 Å². The highest BCUT2D eigenvalue weighted by Crippen LogP contribution is 2.23. The maximum Gasteiger partial charge on any atom is 0.408 e. The van der Waals surface area contributed by atoms with Gasteiger partial charge < -0.3 is 29.7 Å². The van der Waals surface area contributed by atoms with E-state index in [9.17, 15) is 19.2 Å². The quantitative estimate of drug-likeness (QED) is 0.288. The lowest BCUT2D eigenvalue weighted by Gasteiger charge is -2.30. The summed E-state index contributed by atoms with van der Waals surface area (Å²) in [6.45, 7) is 11.3. The summed E-state index contributed by atoms with van der Waals surface area (Å²) in [6.07, 6.45) is 0.468. The minimum atomic E-state index is -0.931. The van der Waals surface area contributed by atoms with Crippen LogP contribution in [0.3, 0.4) is 0 Å². The van der Waals surface area contributed by atoms with Crippen molar-refractivity contribution in [2.24, 2.45) is 0 Å². The van der Waals surface area contributed by atoms with Crippen molar-refractivity contribution in [3.63, 3.8) is 0 Å². The third-order valence-corrected chi connectivity index (χ3v) is 5.36. The molecule has 0 aromatic heterocycles. The number of alkyl carbamates (subject to hydrolysis) is 2. The average molecular weight is 520 g/mol. The molecule has 1 heterocycles. The van der Waals surface area contributed by atoms with Crippen molar-refractivity contribution in [1.82, 2.24) is 15.5 Å². The van der Waals surface area contributed by atoms with E-state index in [2.05, 4.69) is 10.6 Å². The molecule has 206 valence electrons. The summed E-state index contributed by atoms with van der Waals surface area (Å²) in [6, 6.07) is 7.67. The van der Waals surface area contributed by atoms with Gasteiger partial charge in [-0.2, -0.15) is 0 Å². The molecule has 2 atom stereocenters. The van der Waals surface area contributed by atoms with Crippen molar-refractivity contribution >= 4 is 24.1 Å². The van der Waals surface area contributed by atoms with E-state index in [1.165, 1.54) is 4.90 Å². The maximum absolute atomic E-state index is 13.5. The number of hydrogen-bond donors (Lipinski definition) is 2. The zero-order valence-corrected chi connectivity index (χ0v) is 22.8. The van der Waals surface area contributed by atoms with E-state index in [0.717, 1.165) is 5.56 Å². The largest absolute Gasteiger partial charge is 0.458 e. The molecule has 1 aliphatic heterocycles. The molecule has 1 aromatic rings. The van der Waals surface area contributed by atoms with Crippen LogP contribution in [0.4, 0.5) is 9.59 Å². The second-order valence-corrected chi connectivity index (χ2v) is 11.1. The number of carbonyl (C=O) groups excluding carboxylic acids is 4. The Kier molecular flexibility index (Phi) is 10.8. The van der Waals surface area contributed by atoms with Crippen LogP contribution in [-0.2, 0) is 30.4 Å². The van der Waals surface area contributed by atoms with Crippen LogP contribution in [0.2, 0.25) is 0 Å². The molecule has 0 spiro atoms. The normalized spacial score (nSPS) is 16.5. The Morgan fingerprint density at radius 1 is 0.973 bits per heavy atom. The lowest BCUT2D eigenvalue weighted by molar-refractivity contribution is -0.163. The van der Waals surface area contributed by atoms with E-state index >= 15 is 0 Å². The van der Waals surface area contributed by atoms with E-state index in [4.69, 9.17) is 14.2 Å². The van der Waals surface area contributed by atoms with Gasteiger partial charge in [0, 0.05) is 13.1 Å². The smallest absolute Gasteiger partial charge is 0.408 e. The van der Waals surface area contributed by atoms with Gasteiger partial charge in [0.05, 0.1) is 0 Å². The number of benzene rings is 1. The molecule has 2 N–H and O–H groups in total. The number of nitrogens with zero attached hydrogens (tertiary/aromatic N) is 1. The molecule has 0 bridgehead atoms. The first-order chi connectivity index (χ1) is 17.2. The molecule has 0 radical (unpaired) electrons. The fraction of sp³-hybridized carbons (Fsp3) is 0.630. The number of amides is 3. The summed E-state index contributed by atoms with van der Waals surface area (Å²) in [7, 11) is 0. The first kappa shape index (κ1) is 29.9. The number of esters is 1. The number of ether oxygens (including phenoxy) is 3. The van der Waals surface area contributed by atoms with Gasteiger partial charge in [0.15, 0.2) is 0 Å². The Bertz CT molecular complexity index is 922. The third kappa shape index (κ3) is 11.1. The molecule has 1 saturated heterocycles. The predicted molar refractivity (Wildman–Crippen MR) is 138 cm³/mol. The van der Waals surface area contributed by atoms with Crippen molar-refractivity contribution in [2.45, 2.75) is 97.1 Å². The van der Waals surface area contributed by atoms with Crippen molar-refractivity contribution in [1.29, 1.82) is 0 Å². The molecule has 0 saturated carbocycles. The SMILES string of the molecule is CC(C)(C)OC(=O)N[C@@H](CCCNC(=O)OCc1ccccc1)C(=O)N1CCC[C@H]1C(=O)OC(C)(C)C.